The van der Waals surface area contributed by atoms with E-state index in [1.165, 1.54) is 16.7 Å². The SMILES string of the molecule is C=C\C=C/C(C(=C)C)=C(/C=C\C)c1ccc(C)cc1.CC. The number of allylic oxidation sites excluding steroid dienone is 8. The van der Waals surface area contributed by atoms with Crippen LogP contribution >= 0.6 is 0 Å². The second-order valence-corrected chi connectivity index (χ2v) is 4.57. The third kappa shape index (κ3) is 6.27. The van der Waals surface area contributed by atoms with Crippen LogP contribution in [-0.4, -0.2) is 0 Å². The summed E-state index contributed by atoms with van der Waals surface area (Å²) in [6, 6.07) is 8.56. The first-order valence-electron chi connectivity index (χ1n) is 7.49. The van der Waals surface area contributed by atoms with Crippen LogP contribution in [0.1, 0.15) is 38.8 Å². The highest BCUT2D eigenvalue weighted by atomic mass is 14.1. The molecule has 0 spiro atoms. The van der Waals surface area contributed by atoms with E-state index in [4.69, 9.17) is 0 Å². The largest absolute Gasteiger partial charge is 0.0991 e. The molecule has 1 aromatic carbocycles. The lowest BCUT2D eigenvalue weighted by molar-refractivity contribution is 1.42. The third-order valence-electron chi connectivity index (χ3n) is 2.84. The van der Waals surface area contributed by atoms with Crippen molar-refractivity contribution < 1.29 is 0 Å². The Morgan fingerprint density at radius 2 is 1.62 bits per heavy atom. The van der Waals surface area contributed by atoms with Crippen molar-refractivity contribution in [3.05, 3.63) is 90.1 Å². The normalized spacial score (nSPS) is 11.9. The maximum atomic E-state index is 4.08. The Bertz CT molecular complexity index is 534. The van der Waals surface area contributed by atoms with Crippen LogP contribution in [-0.2, 0) is 0 Å². The topological polar surface area (TPSA) is 0 Å². The molecule has 1 rings (SSSR count). The van der Waals surface area contributed by atoms with Gasteiger partial charge >= 0.3 is 0 Å². The zero-order valence-corrected chi connectivity index (χ0v) is 14.1. The zero-order chi connectivity index (χ0) is 16.3. The Morgan fingerprint density at radius 3 is 2.05 bits per heavy atom. The average Bonchev–Trinajstić information content (AvgIpc) is 2.49. The molecule has 0 unspecified atom stereocenters. The monoisotopic (exact) mass is 280 g/mol. The molecule has 0 fully saturated rings. The van der Waals surface area contributed by atoms with E-state index < -0.39 is 0 Å². The second-order valence-electron chi connectivity index (χ2n) is 4.57. The standard InChI is InChI=1S/C19H22.C2H6/c1-6-8-10-18(15(3)4)19(9-7-2)17-13-11-16(5)12-14-17;1-2/h6-14H,1,3H2,2,4-5H3;1-2H3/b9-7-,10-8-,19-18+;. The van der Waals surface area contributed by atoms with Gasteiger partial charge in [0, 0.05) is 0 Å². The van der Waals surface area contributed by atoms with E-state index in [2.05, 4.69) is 62.6 Å². The molecule has 0 N–H and O–H groups in total. The average molecular weight is 280 g/mol. The third-order valence-corrected chi connectivity index (χ3v) is 2.84. The van der Waals surface area contributed by atoms with Crippen LogP contribution in [0.15, 0.2) is 78.9 Å². The van der Waals surface area contributed by atoms with Gasteiger partial charge in [-0.3, -0.25) is 0 Å². The predicted octanol–water partition coefficient (Wildman–Crippen LogP) is 6.67. The van der Waals surface area contributed by atoms with Crippen LogP contribution in [0.3, 0.4) is 0 Å². The Kier molecular flexibility index (Phi) is 9.62. The summed E-state index contributed by atoms with van der Waals surface area (Å²) in [7, 11) is 0. The first-order valence-corrected chi connectivity index (χ1v) is 7.49. The number of rotatable bonds is 5. The van der Waals surface area contributed by atoms with Gasteiger partial charge in [-0.2, -0.15) is 0 Å². The number of benzene rings is 1. The van der Waals surface area contributed by atoms with E-state index in [9.17, 15) is 0 Å². The van der Waals surface area contributed by atoms with E-state index >= 15 is 0 Å². The van der Waals surface area contributed by atoms with Crippen molar-refractivity contribution in [1.29, 1.82) is 0 Å². The molecular formula is C21H28. The van der Waals surface area contributed by atoms with E-state index in [-0.39, 0.29) is 0 Å². The van der Waals surface area contributed by atoms with Gasteiger partial charge in [-0.05, 0) is 37.5 Å². The number of hydrogen-bond acceptors (Lipinski definition) is 0. The highest BCUT2D eigenvalue weighted by Gasteiger charge is 2.05. The summed E-state index contributed by atoms with van der Waals surface area (Å²) in [5.74, 6) is 0. The zero-order valence-electron chi connectivity index (χ0n) is 14.1. The Hall–Kier alpha value is -2.08. The Labute approximate surface area is 130 Å². The summed E-state index contributed by atoms with van der Waals surface area (Å²) < 4.78 is 0. The minimum Gasteiger partial charge on any atom is -0.0991 e. The molecule has 0 aromatic heterocycles. The number of hydrogen-bond donors (Lipinski definition) is 0. The van der Waals surface area contributed by atoms with Crippen molar-refractivity contribution in [2.75, 3.05) is 0 Å². The maximum Gasteiger partial charge on any atom is -0.0112 e. The molecule has 0 aliphatic rings. The van der Waals surface area contributed by atoms with E-state index in [0.29, 0.717) is 0 Å². The van der Waals surface area contributed by atoms with Crippen molar-refractivity contribution >= 4 is 5.57 Å². The Morgan fingerprint density at radius 1 is 1.05 bits per heavy atom. The molecule has 0 heteroatoms. The lowest BCUT2D eigenvalue weighted by atomic mass is 9.94. The fraction of sp³-hybridized carbons (Fsp3) is 0.238. The Balaban J connectivity index is 0.00000191. The van der Waals surface area contributed by atoms with Gasteiger partial charge in [-0.15, -0.1) is 0 Å². The lowest BCUT2D eigenvalue weighted by Crippen LogP contribution is -1.90. The van der Waals surface area contributed by atoms with Crippen LogP contribution in [0, 0.1) is 6.92 Å². The molecule has 0 saturated carbocycles. The maximum absolute atomic E-state index is 4.08. The molecule has 0 saturated heterocycles. The number of aryl methyl sites for hydroxylation is 1. The molecule has 1 aromatic rings. The molecule has 21 heavy (non-hydrogen) atoms. The fourth-order valence-corrected chi connectivity index (χ4v) is 1.87. The highest BCUT2D eigenvalue weighted by molar-refractivity contribution is 5.81. The fourth-order valence-electron chi connectivity index (χ4n) is 1.87. The smallest absolute Gasteiger partial charge is 0.0112 e. The molecule has 112 valence electrons. The molecular weight excluding hydrogens is 252 g/mol. The minimum absolute atomic E-state index is 1.05. The van der Waals surface area contributed by atoms with Crippen LogP contribution in [0.25, 0.3) is 5.57 Å². The molecule has 0 aliphatic heterocycles. The van der Waals surface area contributed by atoms with Crippen LogP contribution in [0.2, 0.25) is 0 Å². The molecule has 0 nitrogen and oxygen atoms in total. The summed E-state index contributed by atoms with van der Waals surface area (Å²) in [4.78, 5) is 0. The first kappa shape index (κ1) is 18.9. The van der Waals surface area contributed by atoms with Crippen molar-refractivity contribution in [3.8, 4) is 0 Å². The van der Waals surface area contributed by atoms with Gasteiger partial charge in [-0.1, -0.05) is 92.8 Å². The van der Waals surface area contributed by atoms with Gasteiger partial charge in [0.1, 0.15) is 0 Å². The summed E-state index contributed by atoms with van der Waals surface area (Å²) in [5.41, 5.74) is 5.85. The van der Waals surface area contributed by atoms with Crippen LogP contribution in [0.5, 0.6) is 0 Å². The van der Waals surface area contributed by atoms with Gasteiger partial charge in [0.05, 0.1) is 0 Å². The van der Waals surface area contributed by atoms with Gasteiger partial charge in [0.25, 0.3) is 0 Å². The van der Waals surface area contributed by atoms with E-state index in [1.54, 1.807) is 6.08 Å². The van der Waals surface area contributed by atoms with Crippen molar-refractivity contribution in [3.63, 3.8) is 0 Å². The minimum atomic E-state index is 1.05. The molecule has 0 atom stereocenters. The van der Waals surface area contributed by atoms with Crippen molar-refractivity contribution in [1.82, 2.24) is 0 Å². The van der Waals surface area contributed by atoms with Gasteiger partial charge < -0.3 is 0 Å². The summed E-state index contributed by atoms with van der Waals surface area (Å²) in [5, 5.41) is 0. The van der Waals surface area contributed by atoms with Crippen LogP contribution in [0.4, 0.5) is 0 Å². The van der Waals surface area contributed by atoms with Gasteiger partial charge in [-0.25, -0.2) is 0 Å². The highest BCUT2D eigenvalue weighted by Crippen LogP contribution is 2.26. The lowest BCUT2D eigenvalue weighted by Gasteiger charge is -2.10. The quantitative estimate of drug-likeness (QED) is 0.528. The molecule has 0 heterocycles. The second kappa shape index (κ2) is 10.7. The molecule has 0 amide bonds. The summed E-state index contributed by atoms with van der Waals surface area (Å²) >= 11 is 0. The summed E-state index contributed by atoms with van der Waals surface area (Å²) in [6.07, 6.45) is 9.97. The summed E-state index contributed by atoms with van der Waals surface area (Å²) in [6.45, 7) is 18.0. The molecule has 0 bridgehead atoms. The van der Waals surface area contributed by atoms with Crippen molar-refractivity contribution in [2.45, 2.75) is 34.6 Å². The first-order chi connectivity index (χ1) is 10.1. The molecule has 0 aliphatic carbocycles. The van der Waals surface area contributed by atoms with Crippen molar-refractivity contribution in [2.24, 2.45) is 0 Å². The van der Waals surface area contributed by atoms with Gasteiger partial charge in [0.2, 0.25) is 0 Å². The van der Waals surface area contributed by atoms with E-state index in [0.717, 1.165) is 11.1 Å². The van der Waals surface area contributed by atoms with Crippen LogP contribution < -0.4 is 0 Å². The predicted molar refractivity (Wildman–Crippen MR) is 98.4 cm³/mol. The van der Waals surface area contributed by atoms with E-state index in [1.807, 2.05) is 33.8 Å². The molecule has 0 radical (unpaired) electrons. The van der Waals surface area contributed by atoms with Gasteiger partial charge in [0.15, 0.2) is 0 Å².